The van der Waals surface area contributed by atoms with Crippen molar-refractivity contribution in [3.8, 4) is 0 Å². The summed E-state index contributed by atoms with van der Waals surface area (Å²) in [4.78, 5) is 12.1. The van der Waals surface area contributed by atoms with E-state index in [-0.39, 0.29) is 18.1 Å². The summed E-state index contributed by atoms with van der Waals surface area (Å²) in [6.45, 7) is 8.39. The van der Waals surface area contributed by atoms with Crippen molar-refractivity contribution in [2.24, 2.45) is 17.6 Å². The van der Waals surface area contributed by atoms with E-state index in [2.05, 4.69) is 33.0 Å². The van der Waals surface area contributed by atoms with Crippen LogP contribution in [0.25, 0.3) is 0 Å². The average Bonchev–Trinajstić information content (AvgIpc) is 2.26. The summed E-state index contributed by atoms with van der Waals surface area (Å²) in [5, 5.41) is 3.24. The van der Waals surface area contributed by atoms with Crippen molar-refractivity contribution >= 4 is 23.2 Å². The molecule has 0 amide bonds. The maximum Gasteiger partial charge on any atom is 0.307 e. The predicted octanol–water partition coefficient (Wildman–Crippen LogP) is 2.25. The lowest BCUT2D eigenvalue weighted by atomic mass is 9.99. The van der Waals surface area contributed by atoms with Crippen LogP contribution in [0.4, 0.5) is 0 Å². The van der Waals surface area contributed by atoms with Crippen molar-refractivity contribution in [3.05, 3.63) is 0 Å². The van der Waals surface area contributed by atoms with Gasteiger partial charge < -0.3 is 15.8 Å². The van der Waals surface area contributed by atoms with Gasteiger partial charge in [-0.05, 0) is 18.3 Å². The molecule has 0 saturated heterocycles. The van der Waals surface area contributed by atoms with Gasteiger partial charge in [-0.15, -0.1) is 0 Å². The maximum absolute atomic E-state index is 11.3. The first-order chi connectivity index (χ1) is 8.76. The molecular formula is C14H28N2O2S. The fraction of sp³-hybridized carbons (Fsp3) is 0.857. The Morgan fingerprint density at radius 1 is 1.26 bits per heavy atom. The average molecular weight is 288 g/mol. The molecule has 112 valence electrons. The van der Waals surface area contributed by atoms with Crippen LogP contribution in [-0.2, 0) is 9.53 Å². The molecule has 0 aliphatic rings. The topological polar surface area (TPSA) is 64.3 Å². The van der Waals surface area contributed by atoms with Gasteiger partial charge in [0.05, 0.1) is 18.5 Å². The lowest BCUT2D eigenvalue weighted by Gasteiger charge is -2.24. The van der Waals surface area contributed by atoms with E-state index in [0.29, 0.717) is 24.7 Å². The number of methoxy groups -OCH3 is 1. The van der Waals surface area contributed by atoms with Crippen LogP contribution < -0.4 is 11.1 Å². The number of thiocarbonyl (C=S) groups is 1. The number of hydrogen-bond acceptors (Lipinski definition) is 4. The van der Waals surface area contributed by atoms with Gasteiger partial charge in [0.2, 0.25) is 0 Å². The zero-order valence-corrected chi connectivity index (χ0v) is 13.5. The van der Waals surface area contributed by atoms with E-state index in [1.54, 1.807) is 0 Å². The van der Waals surface area contributed by atoms with Crippen LogP contribution in [0.15, 0.2) is 0 Å². The number of rotatable bonds is 8. The number of carbonyl (C=O) groups is 1. The van der Waals surface area contributed by atoms with E-state index in [9.17, 15) is 4.79 Å². The summed E-state index contributed by atoms with van der Waals surface area (Å²) in [6, 6.07) is 0.0807. The number of nitrogens with two attached hydrogens (primary N) is 1. The molecule has 0 saturated carbocycles. The Bertz CT molecular complexity index is 293. The van der Waals surface area contributed by atoms with E-state index in [1.807, 2.05) is 0 Å². The molecule has 0 radical (unpaired) electrons. The Labute approximate surface area is 122 Å². The normalized spacial score (nSPS) is 14.3. The molecule has 0 aliphatic heterocycles. The highest BCUT2D eigenvalue weighted by atomic mass is 32.1. The second-order valence-corrected chi connectivity index (χ2v) is 6.28. The predicted molar refractivity (Wildman–Crippen MR) is 83.0 cm³/mol. The Morgan fingerprint density at radius 3 is 2.26 bits per heavy atom. The van der Waals surface area contributed by atoms with E-state index in [1.165, 1.54) is 7.11 Å². The minimum absolute atomic E-state index is 0.00574. The third-order valence-corrected chi connectivity index (χ3v) is 3.27. The third kappa shape index (κ3) is 8.94. The molecule has 0 aliphatic carbocycles. The third-order valence-electron chi connectivity index (χ3n) is 2.99. The van der Waals surface area contributed by atoms with Gasteiger partial charge in [0, 0.05) is 18.5 Å². The van der Waals surface area contributed by atoms with E-state index in [0.717, 1.165) is 11.4 Å². The molecule has 4 nitrogen and oxygen atoms in total. The summed E-state index contributed by atoms with van der Waals surface area (Å²) in [7, 11) is 1.40. The van der Waals surface area contributed by atoms with Crippen LogP contribution in [0.3, 0.4) is 0 Å². The lowest BCUT2D eigenvalue weighted by Crippen LogP contribution is -2.41. The Hall–Kier alpha value is -0.680. The number of esters is 1. The number of hydrogen-bond donors (Lipinski definition) is 2. The molecule has 0 fully saturated rings. The fourth-order valence-electron chi connectivity index (χ4n) is 1.91. The van der Waals surface area contributed by atoms with Gasteiger partial charge in [-0.2, -0.15) is 0 Å². The molecular weight excluding hydrogens is 260 g/mol. The molecule has 0 unspecified atom stereocenters. The summed E-state index contributed by atoms with van der Waals surface area (Å²) in [5.41, 5.74) is 6.04. The molecule has 5 heteroatoms. The van der Waals surface area contributed by atoms with Gasteiger partial charge in [0.15, 0.2) is 0 Å². The van der Waals surface area contributed by atoms with E-state index < -0.39 is 0 Å². The fourth-order valence-corrected chi connectivity index (χ4v) is 2.27. The lowest BCUT2D eigenvalue weighted by molar-refractivity contribution is -0.141. The van der Waals surface area contributed by atoms with Crippen LogP contribution in [-0.4, -0.2) is 30.2 Å². The zero-order chi connectivity index (χ0) is 15.0. The second kappa shape index (κ2) is 9.26. The standard InChI is InChI=1S/C14H28N2O2S/c1-9(2)6-11(15)7-13(19)16-12(10(3)4)8-14(17)18-5/h9-12H,6-8,15H2,1-5H3,(H,16,19)/t11-,12+/m0/s1. The van der Waals surface area contributed by atoms with E-state index in [4.69, 9.17) is 22.7 Å². The largest absolute Gasteiger partial charge is 0.469 e. The summed E-state index contributed by atoms with van der Waals surface area (Å²) in [6.07, 6.45) is 1.94. The first-order valence-corrected chi connectivity index (χ1v) is 7.28. The van der Waals surface area contributed by atoms with Crippen LogP contribution in [0.1, 0.15) is 47.0 Å². The Kier molecular flexibility index (Phi) is 8.93. The van der Waals surface area contributed by atoms with Crippen molar-refractivity contribution in [1.29, 1.82) is 0 Å². The number of carbonyl (C=O) groups excluding carboxylic acids is 1. The van der Waals surface area contributed by atoms with Crippen molar-refractivity contribution in [2.75, 3.05) is 7.11 Å². The quantitative estimate of drug-likeness (QED) is 0.530. The number of nitrogens with one attached hydrogen (secondary N) is 1. The first-order valence-electron chi connectivity index (χ1n) is 6.88. The number of ether oxygens (including phenoxy) is 1. The van der Waals surface area contributed by atoms with Gasteiger partial charge in [-0.3, -0.25) is 4.79 Å². The van der Waals surface area contributed by atoms with Crippen LogP contribution in [0.5, 0.6) is 0 Å². The SMILES string of the molecule is COC(=O)C[C@@H](NC(=S)C[C@@H](N)CC(C)C)C(C)C. The smallest absolute Gasteiger partial charge is 0.307 e. The van der Waals surface area contributed by atoms with Gasteiger partial charge in [0.1, 0.15) is 0 Å². The monoisotopic (exact) mass is 288 g/mol. The molecule has 0 aromatic carbocycles. The van der Waals surface area contributed by atoms with E-state index >= 15 is 0 Å². The molecule has 19 heavy (non-hydrogen) atoms. The van der Waals surface area contributed by atoms with Crippen LogP contribution >= 0.6 is 12.2 Å². The molecule has 0 rings (SSSR count). The van der Waals surface area contributed by atoms with Crippen molar-refractivity contribution in [1.82, 2.24) is 5.32 Å². The summed E-state index contributed by atoms with van der Waals surface area (Å²) >= 11 is 5.32. The molecule has 0 spiro atoms. The molecule has 0 aromatic heterocycles. The highest BCUT2D eigenvalue weighted by Crippen LogP contribution is 2.10. The van der Waals surface area contributed by atoms with Gasteiger partial charge in [0.25, 0.3) is 0 Å². The highest BCUT2D eigenvalue weighted by molar-refractivity contribution is 7.80. The molecule has 0 heterocycles. The Balaban J connectivity index is 4.28. The maximum atomic E-state index is 11.3. The van der Waals surface area contributed by atoms with Crippen molar-refractivity contribution in [3.63, 3.8) is 0 Å². The summed E-state index contributed by atoms with van der Waals surface area (Å²) < 4.78 is 4.70. The van der Waals surface area contributed by atoms with Crippen molar-refractivity contribution in [2.45, 2.75) is 59.0 Å². The zero-order valence-electron chi connectivity index (χ0n) is 12.7. The molecule has 0 aromatic rings. The van der Waals surface area contributed by atoms with Crippen LogP contribution in [0.2, 0.25) is 0 Å². The van der Waals surface area contributed by atoms with Crippen LogP contribution in [0, 0.1) is 11.8 Å². The second-order valence-electron chi connectivity index (χ2n) is 5.79. The Morgan fingerprint density at radius 2 is 1.84 bits per heavy atom. The minimum atomic E-state index is -0.222. The van der Waals surface area contributed by atoms with Gasteiger partial charge in [-0.1, -0.05) is 39.9 Å². The molecule has 0 bridgehead atoms. The summed E-state index contributed by atoms with van der Waals surface area (Å²) in [5.74, 6) is 0.646. The van der Waals surface area contributed by atoms with Crippen molar-refractivity contribution < 1.29 is 9.53 Å². The van der Waals surface area contributed by atoms with Gasteiger partial charge in [-0.25, -0.2) is 0 Å². The highest BCUT2D eigenvalue weighted by Gasteiger charge is 2.19. The molecule has 2 atom stereocenters. The first kappa shape index (κ1) is 18.3. The minimum Gasteiger partial charge on any atom is -0.469 e. The molecule has 3 N–H and O–H groups in total. The van der Waals surface area contributed by atoms with Gasteiger partial charge >= 0.3 is 5.97 Å².